The molecule has 4 heteroatoms. The van der Waals surface area contributed by atoms with Crippen molar-refractivity contribution in [3.05, 3.63) is 54.1 Å². The van der Waals surface area contributed by atoms with Crippen LogP contribution in [0.1, 0.15) is 5.56 Å². The van der Waals surface area contributed by atoms with Gasteiger partial charge in [-0.2, -0.15) is 0 Å². The van der Waals surface area contributed by atoms with E-state index in [1.807, 2.05) is 81.5 Å². The summed E-state index contributed by atoms with van der Waals surface area (Å²) < 4.78 is 14.4. The second-order valence-electron chi connectivity index (χ2n) is 4.97. The predicted octanol–water partition coefficient (Wildman–Crippen LogP) is 3.22. The fourth-order valence-electron chi connectivity index (χ4n) is 1.88. The van der Waals surface area contributed by atoms with Gasteiger partial charge in [-0.05, 0) is 37.3 Å². The van der Waals surface area contributed by atoms with E-state index in [4.69, 9.17) is 0 Å². The molecule has 0 spiro atoms. The molecule has 2 rings (SSSR count). The van der Waals surface area contributed by atoms with E-state index in [0.29, 0.717) is 0 Å². The van der Waals surface area contributed by atoms with E-state index >= 15 is 0 Å². The van der Waals surface area contributed by atoms with Crippen LogP contribution in [0.5, 0.6) is 0 Å². The number of benzene rings is 2. The first-order valence-electron chi connectivity index (χ1n) is 6.48. The Hall–Kier alpha value is -1.81. The minimum atomic E-state index is -1.19. The molecule has 0 saturated carbocycles. The molecule has 2 aromatic carbocycles. The van der Waals surface area contributed by atoms with Gasteiger partial charge < -0.3 is 4.90 Å². The van der Waals surface area contributed by atoms with Crippen molar-refractivity contribution in [2.75, 3.05) is 30.3 Å². The molecule has 20 heavy (non-hydrogen) atoms. The molecular weight excluding hydrogens is 268 g/mol. The van der Waals surface area contributed by atoms with E-state index in [1.165, 1.54) is 5.56 Å². The van der Waals surface area contributed by atoms with Gasteiger partial charge in [0, 0.05) is 26.8 Å². The summed E-state index contributed by atoms with van der Waals surface area (Å²) in [7, 11) is 4.65. The van der Waals surface area contributed by atoms with Gasteiger partial charge in [-0.1, -0.05) is 23.8 Å². The standard InChI is InChI=1S/C16H20N2OS/c1-13-8-10-16(11-9-13)20(19)18(4)15-7-5-6-14(12-15)17(2)3/h5-12H,1-4H3. The van der Waals surface area contributed by atoms with Gasteiger partial charge in [0.1, 0.15) is 0 Å². The van der Waals surface area contributed by atoms with Crippen LogP contribution in [0.3, 0.4) is 0 Å². The largest absolute Gasteiger partial charge is 0.378 e. The van der Waals surface area contributed by atoms with Gasteiger partial charge in [0.05, 0.1) is 10.6 Å². The van der Waals surface area contributed by atoms with Crippen LogP contribution in [0.25, 0.3) is 0 Å². The fraction of sp³-hybridized carbons (Fsp3) is 0.250. The van der Waals surface area contributed by atoms with Crippen LogP contribution in [0.4, 0.5) is 11.4 Å². The zero-order valence-electron chi connectivity index (χ0n) is 12.3. The van der Waals surface area contributed by atoms with Crippen molar-refractivity contribution in [1.82, 2.24) is 0 Å². The third kappa shape index (κ3) is 3.20. The first-order chi connectivity index (χ1) is 9.49. The summed E-state index contributed by atoms with van der Waals surface area (Å²) in [4.78, 5) is 2.85. The molecule has 0 fully saturated rings. The van der Waals surface area contributed by atoms with E-state index in [1.54, 1.807) is 4.31 Å². The Morgan fingerprint density at radius 1 is 0.900 bits per heavy atom. The lowest BCUT2D eigenvalue weighted by atomic mass is 10.2. The lowest BCUT2D eigenvalue weighted by molar-refractivity contribution is 0.682. The summed E-state index contributed by atoms with van der Waals surface area (Å²) in [6.07, 6.45) is 0. The van der Waals surface area contributed by atoms with Crippen LogP contribution in [0.2, 0.25) is 0 Å². The van der Waals surface area contributed by atoms with E-state index in [-0.39, 0.29) is 0 Å². The normalized spacial score (nSPS) is 12.0. The highest BCUT2D eigenvalue weighted by molar-refractivity contribution is 7.86. The molecule has 0 aromatic heterocycles. The predicted molar refractivity (Wildman–Crippen MR) is 86.8 cm³/mol. The molecule has 0 aliphatic heterocycles. The minimum Gasteiger partial charge on any atom is -0.378 e. The van der Waals surface area contributed by atoms with Crippen LogP contribution < -0.4 is 9.21 Å². The topological polar surface area (TPSA) is 23.6 Å². The number of hydrogen-bond donors (Lipinski definition) is 0. The molecule has 0 bridgehead atoms. The van der Waals surface area contributed by atoms with Gasteiger partial charge >= 0.3 is 0 Å². The van der Waals surface area contributed by atoms with Crippen LogP contribution in [-0.2, 0) is 11.0 Å². The second-order valence-corrected chi connectivity index (χ2v) is 6.49. The monoisotopic (exact) mass is 288 g/mol. The highest BCUT2D eigenvalue weighted by atomic mass is 32.2. The summed E-state index contributed by atoms with van der Waals surface area (Å²) in [5, 5.41) is 0. The van der Waals surface area contributed by atoms with Crippen molar-refractivity contribution in [2.24, 2.45) is 0 Å². The molecule has 0 aliphatic carbocycles. The van der Waals surface area contributed by atoms with Crippen LogP contribution in [-0.4, -0.2) is 25.4 Å². The zero-order chi connectivity index (χ0) is 14.7. The molecule has 0 aliphatic rings. The zero-order valence-corrected chi connectivity index (χ0v) is 13.1. The van der Waals surface area contributed by atoms with Crippen molar-refractivity contribution < 1.29 is 4.21 Å². The first-order valence-corrected chi connectivity index (χ1v) is 7.59. The third-order valence-corrected chi connectivity index (χ3v) is 4.56. The molecule has 0 saturated heterocycles. The average molecular weight is 288 g/mol. The van der Waals surface area contributed by atoms with Crippen LogP contribution in [0, 0.1) is 6.92 Å². The third-order valence-electron chi connectivity index (χ3n) is 3.18. The Morgan fingerprint density at radius 2 is 1.50 bits per heavy atom. The minimum absolute atomic E-state index is 0.813. The summed E-state index contributed by atoms with van der Waals surface area (Å²) >= 11 is 0. The molecule has 1 atom stereocenters. The number of anilines is 2. The lowest BCUT2D eigenvalue weighted by Crippen LogP contribution is -2.20. The summed E-state index contributed by atoms with van der Waals surface area (Å²) in [5.74, 6) is 0. The van der Waals surface area contributed by atoms with Gasteiger partial charge in [0.2, 0.25) is 0 Å². The second kappa shape index (κ2) is 6.09. The van der Waals surface area contributed by atoms with Crippen molar-refractivity contribution in [2.45, 2.75) is 11.8 Å². The Labute approximate surface area is 123 Å². The average Bonchev–Trinajstić information content (AvgIpc) is 2.46. The highest BCUT2D eigenvalue weighted by Crippen LogP contribution is 2.23. The van der Waals surface area contributed by atoms with E-state index in [9.17, 15) is 4.21 Å². The first kappa shape index (κ1) is 14.6. The molecule has 0 radical (unpaired) electrons. The Bertz CT molecular complexity index is 608. The molecule has 0 heterocycles. The molecule has 2 aromatic rings. The van der Waals surface area contributed by atoms with E-state index in [0.717, 1.165) is 16.3 Å². The van der Waals surface area contributed by atoms with Crippen molar-refractivity contribution >= 4 is 22.4 Å². The van der Waals surface area contributed by atoms with Crippen LogP contribution >= 0.6 is 0 Å². The maximum Gasteiger partial charge on any atom is 0.152 e. The Balaban J connectivity index is 2.26. The molecule has 106 valence electrons. The van der Waals surface area contributed by atoms with Gasteiger partial charge in [-0.3, -0.25) is 4.31 Å². The molecule has 3 nitrogen and oxygen atoms in total. The van der Waals surface area contributed by atoms with Crippen molar-refractivity contribution in [3.63, 3.8) is 0 Å². The maximum atomic E-state index is 12.6. The lowest BCUT2D eigenvalue weighted by Gasteiger charge is -2.20. The Kier molecular flexibility index (Phi) is 4.45. The summed E-state index contributed by atoms with van der Waals surface area (Å²) in [6, 6.07) is 15.8. The SMILES string of the molecule is Cc1ccc(S(=O)N(C)c2cccc(N(C)C)c2)cc1. The highest BCUT2D eigenvalue weighted by Gasteiger charge is 2.12. The summed E-state index contributed by atoms with van der Waals surface area (Å²) in [5.41, 5.74) is 3.20. The van der Waals surface area contributed by atoms with Gasteiger partial charge in [-0.25, -0.2) is 4.21 Å². The molecular formula is C16H20N2OS. The number of hydrogen-bond acceptors (Lipinski definition) is 2. The van der Waals surface area contributed by atoms with Gasteiger partial charge in [0.25, 0.3) is 0 Å². The Morgan fingerprint density at radius 3 is 2.10 bits per heavy atom. The molecule has 1 unspecified atom stereocenters. The summed E-state index contributed by atoms with van der Waals surface area (Å²) in [6.45, 7) is 2.02. The number of rotatable bonds is 4. The van der Waals surface area contributed by atoms with E-state index in [2.05, 4.69) is 0 Å². The van der Waals surface area contributed by atoms with Gasteiger partial charge in [0.15, 0.2) is 11.0 Å². The quantitative estimate of drug-likeness (QED) is 0.862. The molecule has 0 N–H and O–H groups in total. The number of nitrogens with zero attached hydrogens (tertiary/aromatic N) is 2. The number of aryl methyl sites for hydroxylation is 1. The maximum absolute atomic E-state index is 12.6. The molecule has 0 amide bonds. The fourth-order valence-corrected chi connectivity index (χ4v) is 2.87. The van der Waals surface area contributed by atoms with Crippen molar-refractivity contribution in [1.29, 1.82) is 0 Å². The van der Waals surface area contributed by atoms with E-state index < -0.39 is 11.0 Å². The smallest absolute Gasteiger partial charge is 0.152 e. The van der Waals surface area contributed by atoms with Gasteiger partial charge in [-0.15, -0.1) is 0 Å². The van der Waals surface area contributed by atoms with Crippen LogP contribution in [0.15, 0.2) is 53.4 Å². The van der Waals surface area contributed by atoms with Crippen molar-refractivity contribution in [3.8, 4) is 0 Å².